The van der Waals surface area contributed by atoms with E-state index in [-0.39, 0.29) is 0 Å². The number of carboxylic acid groups (broad SMARTS) is 2. The molecule has 0 aliphatic heterocycles. The predicted octanol–water partition coefficient (Wildman–Crippen LogP) is 5.15. The van der Waals surface area contributed by atoms with Crippen LogP contribution in [-0.2, 0) is 9.59 Å². The molecule has 6 nitrogen and oxygen atoms in total. The van der Waals surface area contributed by atoms with E-state index in [1.54, 1.807) is 0 Å². The normalized spacial score (nSPS) is 15.1. The topological polar surface area (TPSA) is 115 Å². The zero-order chi connectivity index (χ0) is 22.1. The van der Waals surface area contributed by atoms with Gasteiger partial charge in [-0.2, -0.15) is 0 Å². The average molecular weight is 405 g/mol. The molecule has 0 spiro atoms. The van der Waals surface area contributed by atoms with Gasteiger partial charge in [-0.15, -0.1) is 0 Å². The lowest BCUT2D eigenvalue weighted by Crippen LogP contribution is -2.38. The Morgan fingerprint density at radius 2 is 0.964 bits per heavy atom. The van der Waals surface area contributed by atoms with Crippen molar-refractivity contribution in [3.8, 4) is 0 Å². The molecule has 0 saturated carbocycles. The molecule has 0 rings (SSSR count). The maximum absolute atomic E-state index is 11.0. The Morgan fingerprint density at radius 1 is 0.607 bits per heavy atom. The van der Waals surface area contributed by atoms with Crippen molar-refractivity contribution in [1.29, 1.82) is 0 Å². The summed E-state index contributed by atoms with van der Waals surface area (Å²) in [5.74, 6) is -2.18. The van der Waals surface area contributed by atoms with Crippen molar-refractivity contribution < 1.29 is 30.0 Å². The van der Waals surface area contributed by atoms with Crippen molar-refractivity contribution in [1.82, 2.24) is 0 Å². The molecule has 168 valence electrons. The summed E-state index contributed by atoms with van der Waals surface area (Å²) >= 11 is 0. The summed E-state index contributed by atoms with van der Waals surface area (Å²) in [5.41, 5.74) is -3.02. The lowest BCUT2D eigenvalue weighted by molar-refractivity contribution is -0.160. The average Bonchev–Trinajstić information content (AvgIpc) is 2.63. The Morgan fingerprint density at radius 3 is 1.32 bits per heavy atom. The molecule has 4 N–H and O–H groups in total. The van der Waals surface area contributed by atoms with Crippen molar-refractivity contribution >= 4 is 11.9 Å². The number of rotatable bonds is 16. The van der Waals surface area contributed by atoms with Gasteiger partial charge in [0.1, 0.15) is 0 Å². The van der Waals surface area contributed by atoms with Crippen LogP contribution in [0.3, 0.4) is 0 Å². The molecule has 0 saturated heterocycles. The monoisotopic (exact) mass is 404 g/mol. The summed E-state index contributed by atoms with van der Waals surface area (Å²) in [5, 5.41) is 36.9. The van der Waals surface area contributed by atoms with Gasteiger partial charge in [-0.3, -0.25) is 0 Å². The quantitative estimate of drug-likeness (QED) is 0.265. The van der Waals surface area contributed by atoms with Gasteiger partial charge in [-0.05, 0) is 45.4 Å². The van der Waals surface area contributed by atoms with Gasteiger partial charge < -0.3 is 20.4 Å². The number of hydrogen-bond donors (Lipinski definition) is 4. The molecule has 0 aromatic heterocycles. The molecule has 2 atom stereocenters. The highest BCUT2D eigenvalue weighted by molar-refractivity contribution is 5.77. The van der Waals surface area contributed by atoms with E-state index in [1.807, 2.05) is 0 Å². The summed E-state index contributed by atoms with van der Waals surface area (Å²) in [6, 6.07) is 0. The molecule has 0 aromatic carbocycles. The summed E-state index contributed by atoms with van der Waals surface area (Å²) in [6.07, 6.45) is 12.0. The SMILES string of the molecule is CCCCCCC(C)(O)C(=O)O.CCCCCCC(O)(CCCCC)C(=O)O. The Kier molecular flexibility index (Phi) is 17.4. The van der Waals surface area contributed by atoms with E-state index in [4.69, 9.17) is 10.2 Å². The summed E-state index contributed by atoms with van der Waals surface area (Å²) in [7, 11) is 0. The molecule has 0 aliphatic rings. The first-order valence-electron chi connectivity index (χ1n) is 11.0. The Balaban J connectivity index is 0. The third-order valence-corrected chi connectivity index (χ3v) is 5.01. The second-order valence-corrected chi connectivity index (χ2v) is 7.99. The zero-order valence-electron chi connectivity index (χ0n) is 18.5. The molecule has 0 fully saturated rings. The highest BCUT2D eigenvalue weighted by atomic mass is 16.4. The maximum Gasteiger partial charge on any atom is 0.335 e. The van der Waals surface area contributed by atoms with Crippen LogP contribution in [0, 0.1) is 0 Å². The third-order valence-electron chi connectivity index (χ3n) is 5.01. The van der Waals surface area contributed by atoms with E-state index in [1.165, 1.54) is 6.92 Å². The lowest BCUT2D eigenvalue weighted by atomic mass is 9.90. The van der Waals surface area contributed by atoms with Crippen LogP contribution < -0.4 is 0 Å². The van der Waals surface area contributed by atoms with E-state index >= 15 is 0 Å². The van der Waals surface area contributed by atoms with E-state index in [2.05, 4.69) is 20.8 Å². The Labute approximate surface area is 171 Å². The van der Waals surface area contributed by atoms with Gasteiger partial charge in [0.05, 0.1) is 0 Å². The van der Waals surface area contributed by atoms with Crippen molar-refractivity contribution in [2.75, 3.05) is 0 Å². The van der Waals surface area contributed by atoms with Gasteiger partial charge in [0.2, 0.25) is 0 Å². The first-order valence-corrected chi connectivity index (χ1v) is 11.0. The molecule has 0 bridgehead atoms. The number of hydrogen-bond acceptors (Lipinski definition) is 4. The maximum atomic E-state index is 11.0. The number of carboxylic acids is 2. The van der Waals surface area contributed by atoms with E-state index in [9.17, 15) is 19.8 Å². The van der Waals surface area contributed by atoms with E-state index < -0.39 is 23.1 Å². The molecular weight excluding hydrogens is 360 g/mol. The fraction of sp³-hybridized carbons (Fsp3) is 0.909. The van der Waals surface area contributed by atoms with Gasteiger partial charge in [-0.1, -0.05) is 72.1 Å². The second-order valence-electron chi connectivity index (χ2n) is 7.99. The highest BCUT2D eigenvalue weighted by Crippen LogP contribution is 2.23. The van der Waals surface area contributed by atoms with Crippen LogP contribution in [0.25, 0.3) is 0 Å². The fourth-order valence-corrected chi connectivity index (χ4v) is 2.85. The zero-order valence-corrected chi connectivity index (χ0v) is 18.5. The van der Waals surface area contributed by atoms with E-state index in [0.29, 0.717) is 19.3 Å². The van der Waals surface area contributed by atoms with Crippen molar-refractivity contribution in [2.24, 2.45) is 0 Å². The summed E-state index contributed by atoms with van der Waals surface area (Å²) in [6.45, 7) is 7.63. The predicted molar refractivity (Wildman–Crippen MR) is 113 cm³/mol. The van der Waals surface area contributed by atoms with Crippen LogP contribution in [0.15, 0.2) is 0 Å². The smallest absolute Gasteiger partial charge is 0.335 e. The van der Waals surface area contributed by atoms with Crippen molar-refractivity contribution in [3.63, 3.8) is 0 Å². The van der Waals surface area contributed by atoms with Gasteiger partial charge in [0.25, 0.3) is 0 Å². The Bertz CT molecular complexity index is 408. The molecule has 0 aromatic rings. The molecule has 0 aliphatic carbocycles. The number of unbranched alkanes of at least 4 members (excludes halogenated alkanes) is 8. The van der Waals surface area contributed by atoms with Crippen LogP contribution in [0.5, 0.6) is 0 Å². The molecule has 0 amide bonds. The highest BCUT2D eigenvalue weighted by Gasteiger charge is 2.34. The molecule has 2 unspecified atom stereocenters. The summed E-state index contributed by atoms with van der Waals surface area (Å²) < 4.78 is 0. The number of aliphatic carboxylic acids is 2. The van der Waals surface area contributed by atoms with Crippen LogP contribution in [0.1, 0.15) is 118 Å². The molecule has 6 heteroatoms. The molecule has 28 heavy (non-hydrogen) atoms. The Hall–Kier alpha value is -1.14. The van der Waals surface area contributed by atoms with Gasteiger partial charge >= 0.3 is 11.9 Å². The largest absolute Gasteiger partial charge is 0.479 e. The summed E-state index contributed by atoms with van der Waals surface area (Å²) in [4.78, 5) is 21.5. The van der Waals surface area contributed by atoms with Gasteiger partial charge in [0.15, 0.2) is 11.2 Å². The molecular formula is C22H44O6. The minimum Gasteiger partial charge on any atom is -0.479 e. The first-order chi connectivity index (χ1) is 13.1. The second kappa shape index (κ2) is 16.8. The standard InChI is InChI=1S/C13H26O3.C9H18O3/c1-3-5-7-9-11-13(16,12(14)15)10-8-6-4-2;1-3-4-5-6-7-9(2,12)8(10)11/h16H,3-11H2,1-2H3,(H,14,15);12H,3-7H2,1-2H3,(H,10,11). The molecule has 0 heterocycles. The van der Waals surface area contributed by atoms with Crippen LogP contribution in [0.2, 0.25) is 0 Å². The lowest BCUT2D eigenvalue weighted by Gasteiger charge is -2.23. The fourth-order valence-electron chi connectivity index (χ4n) is 2.85. The minimum atomic E-state index is -1.53. The third kappa shape index (κ3) is 14.9. The van der Waals surface area contributed by atoms with Gasteiger partial charge in [-0.25, -0.2) is 9.59 Å². The van der Waals surface area contributed by atoms with Crippen molar-refractivity contribution in [3.05, 3.63) is 0 Å². The number of carbonyl (C=O) groups is 2. The molecule has 0 radical (unpaired) electrons. The van der Waals surface area contributed by atoms with E-state index in [0.717, 1.165) is 70.6 Å². The number of aliphatic hydroxyl groups is 2. The van der Waals surface area contributed by atoms with Crippen LogP contribution >= 0.6 is 0 Å². The van der Waals surface area contributed by atoms with Crippen LogP contribution in [-0.4, -0.2) is 43.6 Å². The van der Waals surface area contributed by atoms with Gasteiger partial charge in [0, 0.05) is 0 Å². The van der Waals surface area contributed by atoms with Crippen molar-refractivity contribution in [2.45, 2.75) is 129 Å². The van der Waals surface area contributed by atoms with Crippen LogP contribution in [0.4, 0.5) is 0 Å². The first kappa shape index (κ1) is 29.1. The minimum absolute atomic E-state index is 0.350.